The molecule has 144 valence electrons. The molecule has 0 aliphatic carbocycles. The Balaban J connectivity index is 2.02. The molecule has 2 aromatic carbocycles. The van der Waals surface area contributed by atoms with Crippen LogP contribution in [0, 0.1) is 0 Å². The molecule has 0 saturated carbocycles. The van der Waals surface area contributed by atoms with E-state index in [9.17, 15) is 9.59 Å². The third-order valence-corrected chi connectivity index (χ3v) is 4.24. The molecule has 1 amide bonds. The zero-order valence-corrected chi connectivity index (χ0v) is 16.5. The number of nitrogens with one attached hydrogen (secondary N) is 1. The number of methoxy groups -OCH3 is 1. The minimum atomic E-state index is -0.606. The number of esters is 1. The Labute approximate surface area is 160 Å². The molecule has 0 bridgehead atoms. The average molecular weight is 369 g/mol. The van der Waals surface area contributed by atoms with Gasteiger partial charge in [-0.05, 0) is 53.8 Å². The van der Waals surface area contributed by atoms with E-state index < -0.39 is 12.1 Å². The Bertz CT molecular complexity index is 773. The van der Waals surface area contributed by atoms with Gasteiger partial charge in [-0.15, -0.1) is 0 Å². The monoisotopic (exact) mass is 369 g/mol. The maximum Gasteiger partial charge on any atom is 0.337 e. The summed E-state index contributed by atoms with van der Waals surface area (Å²) in [6, 6.07) is 14.4. The number of carbonyl (C=O) groups excluding carboxylic acids is 2. The number of amides is 1. The summed E-state index contributed by atoms with van der Waals surface area (Å²) in [5.74, 6) is 0.00982. The summed E-state index contributed by atoms with van der Waals surface area (Å²) < 4.78 is 10.5. The third-order valence-electron chi connectivity index (χ3n) is 4.24. The molecular formula is C22H27NO4. The van der Waals surface area contributed by atoms with Crippen LogP contribution >= 0.6 is 0 Å². The summed E-state index contributed by atoms with van der Waals surface area (Å²) in [5.41, 5.74) is 2.30. The molecule has 1 atom stereocenters. The molecule has 27 heavy (non-hydrogen) atoms. The quantitative estimate of drug-likeness (QED) is 0.758. The molecule has 5 heteroatoms. The first-order chi connectivity index (χ1) is 12.7. The summed E-state index contributed by atoms with van der Waals surface area (Å²) in [6.45, 7) is 8.35. The zero-order valence-electron chi connectivity index (χ0n) is 16.5. The average Bonchev–Trinajstić information content (AvgIpc) is 2.65. The standard InChI is InChI=1S/C22H27NO4/c1-6-19(27-18-13-9-16(10-14-18)22(2,3)4)20(24)23-17-11-7-15(8-12-17)21(25)26-5/h7-14,19H,6H2,1-5H3,(H,23,24)/t19-/m1/s1. The van der Waals surface area contributed by atoms with Gasteiger partial charge >= 0.3 is 5.97 Å². The minimum absolute atomic E-state index is 0.0659. The molecule has 0 unspecified atom stereocenters. The molecule has 2 aromatic rings. The second-order valence-corrected chi connectivity index (χ2v) is 7.35. The van der Waals surface area contributed by atoms with E-state index in [4.69, 9.17) is 4.74 Å². The SMILES string of the molecule is CC[C@@H](Oc1ccc(C(C)(C)C)cc1)C(=O)Nc1ccc(C(=O)OC)cc1. The highest BCUT2D eigenvalue weighted by Crippen LogP contribution is 2.25. The van der Waals surface area contributed by atoms with Crippen molar-refractivity contribution in [2.24, 2.45) is 0 Å². The van der Waals surface area contributed by atoms with Crippen molar-refractivity contribution in [3.8, 4) is 5.75 Å². The molecule has 2 rings (SSSR count). The first kappa shape index (κ1) is 20.5. The Morgan fingerprint density at radius 2 is 1.59 bits per heavy atom. The first-order valence-corrected chi connectivity index (χ1v) is 9.01. The molecule has 1 N–H and O–H groups in total. The minimum Gasteiger partial charge on any atom is -0.481 e. The van der Waals surface area contributed by atoms with Crippen LogP contribution in [0.1, 0.15) is 50.0 Å². The highest BCUT2D eigenvalue weighted by molar-refractivity contribution is 5.95. The second kappa shape index (κ2) is 8.71. The van der Waals surface area contributed by atoms with Gasteiger partial charge in [0.1, 0.15) is 5.75 Å². The van der Waals surface area contributed by atoms with Crippen LogP contribution in [0.3, 0.4) is 0 Å². The van der Waals surface area contributed by atoms with Crippen molar-refractivity contribution < 1.29 is 19.1 Å². The van der Waals surface area contributed by atoms with Gasteiger partial charge in [0, 0.05) is 5.69 Å². The first-order valence-electron chi connectivity index (χ1n) is 9.01. The van der Waals surface area contributed by atoms with Gasteiger partial charge in [-0.25, -0.2) is 4.79 Å². The molecule has 0 aliphatic rings. The van der Waals surface area contributed by atoms with Crippen LogP contribution in [0.2, 0.25) is 0 Å². The normalized spacial score (nSPS) is 12.2. The van der Waals surface area contributed by atoms with Gasteiger partial charge in [0.25, 0.3) is 5.91 Å². The fourth-order valence-corrected chi connectivity index (χ4v) is 2.55. The predicted octanol–water partition coefficient (Wildman–Crippen LogP) is 4.57. The van der Waals surface area contributed by atoms with Gasteiger partial charge in [-0.2, -0.15) is 0 Å². The van der Waals surface area contributed by atoms with E-state index >= 15 is 0 Å². The molecule has 0 fully saturated rings. The van der Waals surface area contributed by atoms with Crippen LogP contribution in [0.5, 0.6) is 5.75 Å². The van der Waals surface area contributed by atoms with Crippen LogP contribution < -0.4 is 10.1 Å². The van der Waals surface area contributed by atoms with Crippen molar-refractivity contribution >= 4 is 17.6 Å². The van der Waals surface area contributed by atoms with Crippen LogP contribution in [0.4, 0.5) is 5.69 Å². The number of rotatable bonds is 6. The molecular weight excluding hydrogens is 342 g/mol. The van der Waals surface area contributed by atoms with Crippen molar-refractivity contribution in [1.29, 1.82) is 0 Å². The largest absolute Gasteiger partial charge is 0.481 e. The van der Waals surface area contributed by atoms with Gasteiger partial charge in [0.05, 0.1) is 12.7 Å². The van der Waals surface area contributed by atoms with Crippen molar-refractivity contribution in [3.63, 3.8) is 0 Å². The number of anilines is 1. The fourth-order valence-electron chi connectivity index (χ4n) is 2.55. The second-order valence-electron chi connectivity index (χ2n) is 7.35. The van der Waals surface area contributed by atoms with Crippen molar-refractivity contribution in [2.45, 2.75) is 45.6 Å². The lowest BCUT2D eigenvalue weighted by Crippen LogP contribution is -2.32. The topological polar surface area (TPSA) is 64.6 Å². The number of benzene rings is 2. The summed E-state index contributed by atoms with van der Waals surface area (Å²) in [4.78, 5) is 24.0. The van der Waals surface area contributed by atoms with Gasteiger partial charge in [0.2, 0.25) is 0 Å². The van der Waals surface area contributed by atoms with Crippen LogP contribution in [0.25, 0.3) is 0 Å². The Kier molecular flexibility index (Phi) is 6.61. The maximum atomic E-state index is 12.5. The Hall–Kier alpha value is -2.82. The predicted molar refractivity (Wildman–Crippen MR) is 106 cm³/mol. The van der Waals surface area contributed by atoms with Crippen LogP contribution in [0.15, 0.2) is 48.5 Å². The molecule has 0 aromatic heterocycles. The number of ether oxygens (including phenoxy) is 2. The Morgan fingerprint density at radius 3 is 2.07 bits per heavy atom. The van der Waals surface area contributed by atoms with Gasteiger partial charge < -0.3 is 14.8 Å². The van der Waals surface area contributed by atoms with Crippen LogP contribution in [-0.4, -0.2) is 25.1 Å². The summed E-state index contributed by atoms with van der Waals surface area (Å²) >= 11 is 0. The summed E-state index contributed by atoms with van der Waals surface area (Å²) in [5, 5.41) is 2.82. The van der Waals surface area contributed by atoms with E-state index in [1.807, 2.05) is 31.2 Å². The lowest BCUT2D eigenvalue weighted by atomic mass is 9.87. The third kappa shape index (κ3) is 5.58. The van der Waals surface area contributed by atoms with E-state index in [0.717, 1.165) is 0 Å². The van der Waals surface area contributed by atoms with E-state index in [0.29, 0.717) is 23.4 Å². The number of hydrogen-bond acceptors (Lipinski definition) is 4. The molecule has 5 nitrogen and oxygen atoms in total. The molecule has 0 aliphatic heterocycles. The van der Waals surface area contributed by atoms with Gasteiger partial charge in [0.15, 0.2) is 6.10 Å². The fraction of sp³-hybridized carbons (Fsp3) is 0.364. The smallest absolute Gasteiger partial charge is 0.337 e. The molecule has 0 heterocycles. The lowest BCUT2D eigenvalue weighted by Gasteiger charge is -2.21. The highest BCUT2D eigenvalue weighted by atomic mass is 16.5. The van der Waals surface area contributed by atoms with E-state index in [1.54, 1.807) is 24.3 Å². The Morgan fingerprint density at radius 1 is 1.00 bits per heavy atom. The van der Waals surface area contributed by atoms with Crippen molar-refractivity contribution in [3.05, 3.63) is 59.7 Å². The molecule has 0 radical (unpaired) electrons. The van der Waals surface area contributed by atoms with Crippen molar-refractivity contribution in [2.75, 3.05) is 12.4 Å². The zero-order chi connectivity index (χ0) is 20.0. The highest BCUT2D eigenvalue weighted by Gasteiger charge is 2.19. The van der Waals surface area contributed by atoms with E-state index in [1.165, 1.54) is 12.7 Å². The van der Waals surface area contributed by atoms with E-state index in [-0.39, 0.29) is 11.3 Å². The van der Waals surface area contributed by atoms with Gasteiger partial charge in [-0.1, -0.05) is 39.8 Å². The van der Waals surface area contributed by atoms with E-state index in [2.05, 4.69) is 30.8 Å². The lowest BCUT2D eigenvalue weighted by molar-refractivity contribution is -0.122. The maximum absolute atomic E-state index is 12.5. The van der Waals surface area contributed by atoms with Crippen LogP contribution in [-0.2, 0) is 14.9 Å². The van der Waals surface area contributed by atoms with Gasteiger partial charge in [-0.3, -0.25) is 4.79 Å². The summed E-state index contributed by atoms with van der Waals surface area (Å²) in [6.07, 6.45) is -0.0709. The number of hydrogen-bond donors (Lipinski definition) is 1. The summed E-state index contributed by atoms with van der Waals surface area (Å²) in [7, 11) is 1.33. The number of carbonyl (C=O) groups is 2. The van der Waals surface area contributed by atoms with Crippen molar-refractivity contribution in [1.82, 2.24) is 0 Å². The molecule has 0 spiro atoms. The molecule has 0 saturated heterocycles.